The van der Waals surface area contributed by atoms with Crippen LogP contribution < -0.4 is 10.6 Å². The van der Waals surface area contributed by atoms with Crippen molar-refractivity contribution in [3.05, 3.63) is 64.2 Å². The van der Waals surface area contributed by atoms with Gasteiger partial charge in [0.05, 0.1) is 4.92 Å². The Bertz CT molecular complexity index is 692. The average Bonchev–Trinajstić information content (AvgIpc) is 2.52. The smallest absolute Gasteiger partial charge is 0.319 e. The van der Waals surface area contributed by atoms with Crippen LogP contribution in [0.5, 0.6) is 0 Å². The third kappa shape index (κ3) is 5.30. The molecule has 0 atom stereocenters. The number of nitro benzene ring substituents is 1. The highest BCUT2D eigenvalue weighted by molar-refractivity contribution is 7.99. The molecule has 0 aliphatic heterocycles. The van der Waals surface area contributed by atoms with Crippen molar-refractivity contribution in [1.82, 2.24) is 5.32 Å². The Hall–Kier alpha value is -2.54. The number of amides is 2. The lowest BCUT2D eigenvalue weighted by atomic mass is 10.2. The summed E-state index contributed by atoms with van der Waals surface area (Å²) in [4.78, 5) is 23.2. The van der Waals surface area contributed by atoms with Gasteiger partial charge in [0.1, 0.15) is 0 Å². The van der Waals surface area contributed by atoms with Crippen LogP contribution in [0.2, 0.25) is 0 Å². The van der Waals surface area contributed by atoms with Crippen molar-refractivity contribution in [2.75, 3.05) is 17.6 Å². The number of carbonyl (C=O) groups excluding carboxylic acids is 1. The average molecular weight is 331 g/mol. The van der Waals surface area contributed by atoms with Crippen LogP contribution in [0.1, 0.15) is 5.56 Å². The van der Waals surface area contributed by atoms with Gasteiger partial charge in [-0.25, -0.2) is 4.79 Å². The van der Waals surface area contributed by atoms with Gasteiger partial charge in [0.2, 0.25) is 0 Å². The zero-order chi connectivity index (χ0) is 16.7. The lowest BCUT2D eigenvalue weighted by molar-refractivity contribution is -0.385. The van der Waals surface area contributed by atoms with E-state index in [9.17, 15) is 14.9 Å². The van der Waals surface area contributed by atoms with Crippen LogP contribution in [0, 0.1) is 17.0 Å². The Morgan fingerprint density at radius 2 is 1.96 bits per heavy atom. The van der Waals surface area contributed by atoms with Crippen molar-refractivity contribution in [3.8, 4) is 0 Å². The molecule has 0 spiro atoms. The fraction of sp³-hybridized carbons (Fsp3) is 0.188. The minimum absolute atomic E-state index is 0.0372. The molecule has 0 aliphatic rings. The van der Waals surface area contributed by atoms with E-state index >= 15 is 0 Å². The van der Waals surface area contributed by atoms with Crippen molar-refractivity contribution in [3.63, 3.8) is 0 Å². The van der Waals surface area contributed by atoms with Crippen LogP contribution in [-0.2, 0) is 0 Å². The van der Waals surface area contributed by atoms with Crippen LogP contribution in [-0.4, -0.2) is 23.3 Å². The van der Waals surface area contributed by atoms with Gasteiger partial charge >= 0.3 is 6.03 Å². The van der Waals surface area contributed by atoms with Crippen molar-refractivity contribution in [2.24, 2.45) is 0 Å². The third-order valence-electron chi connectivity index (χ3n) is 3.05. The minimum atomic E-state index is -0.444. The maximum Gasteiger partial charge on any atom is 0.319 e. The topological polar surface area (TPSA) is 84.3 Å². The quantitative estimate of drug-likeness (QED) is 0.365. The van der Waals surface area contributed by atoms with Gasteiger partial charge in [0, 0.05) is 34.5 Å². The molecule has 2 N–H and O–H groups in total. The number of nitro groups is 1. The molecule has 2 aromatic carbocycles. The highest BCUT2D eigenvalue weighted by atomic mass is 32.2. The molecule has 0 unspecified atom stereocenters. The van der Waals surface area contributed by atoms with E-state index in [1.54, 1.807) is 24.8 Å². The number of urea groups is 1. The van der Waals surface area contributed by atoms with Crippen LogP contribution >= 0.6 is 11.8 Å². The summed E-state index contributed by atoms with van der Waals surface area (Å²) in [6, 6.07) is 14.1. The van der Waals surface area contributed by atoms with Crippen LogP contribution in [0.4, 0.5) is 16.2 Å². The fourth-order valence-corrected chi connectivity index (χ4v) is 2.75. The number of aryl methyl sites for hydroxylation is 1. The van der Waals surface area contributed by atoms with Crippen molar-refractivity contribution in [2.45, 2.75) is 11.8 Å². The number of hydrogen-bond acceptors (Lipinski definition) is 4. The first kappa shape index (κ1) is 16.8. The molecule has 0 saturated heterocycles. The Morgan fingerprint density at radius 1 is 1.22 bits per heavy atom. The van der Waals surface area contributed by atoms with Gasteiger partial charge in [-0.05, 0) is 31.2 Å². The summed E-state index contributed by atoms with van der Waals surface area (Å²) < 4.78 is 0. The Kier molecular flexibility index (Phi) is 5.99. The summed E-state index contributed by atoms with van der Waals surface area (Å²) in [5, 5.41) is 16.2. The maximum absolute atomic E-state index is 11.8. The molecule has 2 amide bonds. The zero-order valence-corrected chi connectivity index (χ0v) is 13.4. The second-order valence-electron chi connectivity index (χ2n) is 4.80. The minimum Gasteiger partial charge on any atom is -0.337 e. The summed E-state index contributed by atoms with van der Waals surface area (Å²) in [6.07, 6.45) is 0. The molecular weight excluding hydrogens is 314 g/mol. The summed E-state index contributed by atoms with van der Waals surface area (Å²) in [7, 11) is 0. The predicted octanol–water partition coefficient (Wildman–Crippen LogP) is 3.82. The largest absolute Gasteiger partial charge is 0.337 e. The van der Waals surface area contributed by atoms with Crippen molar-refractivity contribution < 1.29 is 9.72 Å². The standard InChI is InChI=1S/C16H17N3O3S/c1-12-11-13(7-8-15(12)19(21)22)18-16(20)17-9-10-23-14-5-3-2-4-6-14/h2-8,11H,9-10H2,1H3,(H2,17,18,20). The Labute approximate surface area is 138 Å². The highest BCUT2D eigenvalue weighted by Gasteiger charge is 2.11. The molecule has 0 fully saturated rings. The summed E-state index contributed by atoms with van der Waals surface area (Å²) in [5.41, 5.74) is 1.07. The van der Waals surface area contributed by atoms with E-state index in [1.165, 1.54) is 12.1 Å². The fourth-order valence-electron chi connectivity index (χ4n) is 1.96. The lowest BCUT2D eigenvalue weighted by Crippen LogP contribution is -2.30. The van der Waals surface area contributed by atoms with Gasteiger partial charge in [-0.3, -0.25) is 10.1 Å². The highest BCUT2D eigenvalue weighted by Crippen LogP contribution is 2.21. The van der Waals surface area contributed by atoms with Crippen LogP contribution in [0.15, 0.2) is 53.4 Å². The van der Waals surface area contributed by atoms with E-state index in [1.807, 2.05) is 30.3 Å². The number of thioether (sulfide) groups is 1. The normalized spacial score (nSPS) is 10.1. The molecule has 2 aromatic rings. The number of benzene rings is 2. The van der Waals surface area contributed by atoms with Gasteiger partial charge in [0.15, 0.2) is 0 Å². The summed E-state index contributed by atoms with van der Waals surface area (Å²) >= 11 is 1.66. The lowest BCUT2D eigenvalue weighted by Gasteiger charge is -2.08. The molecule has 0 aliphatic carbocycles. The van der Waals surface area contributed by atoms with Gasteiger partial charge in [-0.15, -0.1) is 11.8 Å². The number of rotatable bonds is 6. The monoisotopic (exact) mass is 331 g/mol. The number of anilines is 1. The third-order valence-corrected chi connectivity index (χ3v) is 4.06. The Morgan fingerprint density at radius 3 is 2.61 bits per heavy atom. The number of nitrogens with one attached hydrogen (secondary N) is 2. The van der Waals surface area contributed by atoms with E-state index in [0.717, 1.165) is 10.6 Å². The Balaban J connectivity index is 1.76. The predicted molar refractivity (Wildman–Crippen MR) is 92.0 cm³/mol. The molecule has 6 nitrogen and oxygen atoms in total. The van der Waals surface area contributed by atoms with Crippen LogP contribution in [0.25, 0.3) is 0 Å². The van der Waals surface area contributed by atoms with Gasteiger partial charge < -0.3 is 10.6 Å². The molecule has 0 radical (unpaired) electrons. The molecule has 0 heterocycles. The van der Waals surface area contributed by atoms with E-state index in [-0.39, 0.29) is 11.7 Å². The first-order valence-electron chi connectivity index (χ1n) is 7.04. The van der Waals surface area contributed by atoms with E-state index in [4.69, 9.17) is 0 Å². The van der Waals surface area contributed by atoms with Crippen molar-refractivity contribution >= 4 is 29.2 Å². The van der Waals surface area contributed by atoms with E-state index < -0.39 is 4.92 Å². The first-order valence-corrected chi connectivity index (χ1v) is 8.02. The number of carbonyl (C=O) groups is 1. The molecule has 23 heavy (non-hydrogen) atoms. The maximum atomic E-state index is 11.8. The number of hydrogen-bond donors (Lipinski definition) is 2. The van der Waals surface area contributed by atoms with Gasteiger partial charge in [-0.1, -0.05) is 18.2 Å². The number of nitrogens with zero attached hydrogens (tertiary/aromatic N) is 1. The summed E-state index contributed by atoms with van der Waals surface area (Å²) in [6.45, 7) is 2.16. The van der Waals surface area contributed by atoms with Gasteiger partial charge in [-0.2, -0.15) is 0 Å². The molecular formula is C16H17N3O3S. The van der Waals surface area contributed by atoms with Crippen LogP contribution in [0.3, 0.4) is 0 Å². The molecule has 7 heteroatoms. The molecule has 0 bridgehead atoms. The van der Waals surface area contributed by atoms with Gasteiger partial charge in [0.25, 0.3) is 5.69 Å². The van der Waals surface area contributed by atoms with E-state index in [0.29, 0.717) is 17.8 Å². The first-order chi connectivity index (χ1) is 11.1. The molecule has 2 rings (SSSR count). The SMILES string of the molecule is Cc1cc(NC(=O)NCCSc2ccccc2)ccc1[N+](=O)[O-]. The second kappa shape index (κ2) is 8.19. The second-order valence-corrected chi connectivity index (χ2v) is 5.97. The molecule has 0 aromatic heterocycles. The van der Waals surface area contributed by atoms with Crippen molar-refractivity contribution in [1.29, 1.82) is 0 Å². The zero-order valence-electron chi connectivity index (χ0n) is 12.6. The summed E-state index contributed by atoms with van der Waals surface area (Å²) in [5.74, 6) is 0.761. The molecule has 0 saturated carbocycles. The molecule has 120 valence electrons. The van der Waals surface area contributed by atoms with E-state index in [2.05, 4.69) is 10.6 Å².